The average Bonchev–Trinajstić information content (AvgIpc) is 2.30. The van der Waals surface area contributed by atoms with Gasteiger partial charge in [-0.05, 0) is 47.8 Å². The van der Waals surface area contributed by atoms with Crippen molar-refractivity contribution in [2.24, 2.45) is 0 Å². The number of nitrogens with one attached hydrogen (secondary N) is 1. The Morgan fingerprint density at radius 3 is 2.18 bits per heavy atom. The van der Waals surface area contributed by atoms with Gasteiger partial charge in [0.1, 0.15) is 0 Å². The minimum atomic E-state index is 0.280. The number of likely N-dealkylation sites (N-methyl/N-ethyl adjacent to an activating group) is 2. The predicted molar refractivity (Wildman–Crippen MR) is 73.4 cm³/mol. The zero-order valence-corrected chi connectivity index (χ0v) is 12.3. The lowest BCUT2D eigenvalue weighted by atomic mass is 9.75. The van der Waals surface area contributed by atoms with Crippen LogP contribution in [0.25, 0.3) is 0 Å². The normalized spacial score (nSPS) is 22.1. The van der Waals surface area contributed by atoms with Gasteiger partial charge in [0.05, 0.1) is 12.7 Å². The van der Waals surface area contributed by atoms with Crippen molar-refractivity contribution in [1.29, 1.82) is 0 Å². The molecule has 0 aromatic carbocycles. The van der Waals surface area contributed by atoms with E-state index < -0.39 is 0 Å². The van der Waals surface area contributed by atoms with Crippen molar-refractivity contribution >= 4 is 0 Å². The van der Waals surface area contributed by atoms with Gasteiger partial charge in [0.2, 0.25) is 0 Å². The quantitative estimate of drug-likeness (QED) is 0.773. The minimum absolute atomic E-state index is 0.280. The Balaban J connectivity index is 2.71. The smallest absolute Gasteiger partial charge is 0.0641 e. The minimum Gasteiger partial charge on any atom is -0.377 e. The third kappa shape index (κ3) is 3.67. The maximum absolute atomic E-state index is 5.83. The summed E-state index contributed by atoms with van der Waals surface area (Å²) in [6, 6.07) is 0.431. The van der Waals surface area contributed by atoms with Crippen LogP contribution in [0.15, 0.2) is 0 Å². The van der Waals surface area contributed by atoms with Gasteiger partial charge in [0.15, 0.2) is 0 Å². The monoisotopic (exact) mass is 242 g/mol. The SMILES string of the molecule is CNC(COC(C)C)C1(N(C)C)CCCCC1. The van der Waals surface area contributed by atoms with Crippen LogP contribution in [0.2, 0.25) is 0 Å². The molecule has 0 aromatic heterocycles. The second kappa shape index (κ2) is 6.72. The Morgan fingerprint density at radius 1 is 1.18 bits per heavy atom. The molecule has 1 aliphatic carbocycles. The molecule has 3 heteroatoms. The van der Waals surface area contributed by atoms with Gasteiger partial charge in [-0.25, -0.2) is 0 Å². The summed E-state index contributed by atoms with van der Waals surface area (Å²) in [7, 11) is 6.49. The molecule has 1 fully saturated rings. The molecule has 0 aliphatic heterocycles. The Kier molecular flexibility index (Phi) is 5.90. The summed E-state index contributed by atoms with van der Waals surface area (Å²) in [6.07, 6.45) is 6.96. The van der Waals surface area contributed by atoms with Crippen molar-refractivity contribution in [2.45, 2.75) is 63.6 Å². The fourth-order valence-electron chi connectivity index (χ4n) is 3.07. The van der Waals surface area contributed by atoms with E-state index in [9.17, 15) is 0 Å². The van der Waals surface area contributed by atoms with E-state index in [-0.39, 0.29) is 5.54 Å². The summed E-state index contributed by atoms with van der Waals surface area (Å²) in [5, 5.41) is 3.48. The third-order valence-electron chi connectivity index (χ3n) is 4.20. The van der Waals surface area contributed by atoms with E-state index in [1.165, 1.54) is 32.1 Å². The van der Waals surface area contributed by atoms with Crippen LogP contribution in [-0.2, 0) is 4.74 Å². The van der Waals surface area contributed by atoms with Crippen LogP contribution < -0.4 is 5.32 Å². The second-order valence-corrected chi connectivity index (χ2v) is 5.78. The lowest BCUT2D eigenvalue weighted by Gasteiger charge is -2.48. The summed E-state index contributed by atoms with van der Waals surface area (Å²) < 4.78 is 5.83. The molecule has 1 saturated carbocycles. The molecule has 0 bridgehead atoms. The van der Waals surface area contributed by atoms with Crippen molar-refractivity contribution in [1.82, 2.24) is 10.2 Å². The van der Waals surface area contributed by atoms with Crippen LogP contribution in [0.5, 0.6) is 0 Å². The van der Waals surface area contributed by atoms with Crippen molar-refractivity contribution in [3.8, 4) is 0 Å². The Labute approximate surface area is 107 Å². The van der Waals surface area contributed by atoms with E-state index in [2.05, 4.69) is 45.2 Å². The molecule has 0 aromatic rings. The molecule has 0 radical (unpaired) electrons. The molecule has 1 aliphatic rings. The molecule has 17 heavy (non-hydrogen) atoms. The van der Waals surface area contributed by atoms with Gasteiger partial charge in [0.25, 0.3) is 0 Å². The number of ether oxygens (including phenoxy) is 1. The highest BCUT2D eigenvalue weighted by Gasteiger charge is 2.41. The largest absolute Gasteiger partial charge is 0.377 e. The van der Waals surface area contributed by atoms with Gasteiger partial charge in [-0.2, -0.15) is 0 Å². The standard InChI is InChI=1S/C14H30N2O/c1-12(2)17-11-13(15-3)14(16(4)5)9-7-6-8-10-14/h12-13,15H,6-11H2,1-5H3. The van der Waals surface area contributed by atoms with E-state index in [0.717, 1.165) is 6.61 Å². The zero-order valence-electron chi connectivity index (χ0n) is 12.3. The summed E-state index contributed by atoms with van der Waals surface area (Å²) >= 11 is 0. The topological polar surface area (TPSA) is 24.5 Å². The van der Waals surface area contributed by atoms with Crippen LogP contribution in [0, 0.1) is 0 Å². The summed E-state index contributed by atoms with van der Waals surface area (Å²) in [6.45, 7) is 5.03. The Hall–Kier alpha value is -0.120. The maximum Gasteiger partial charge on any atom is 0.0641 e. The summed E-state index contributed by atoms with van der Waals surface area (Å²) in [4.78, 5) is 2.41. The Bertz CT molecular complexity index is 210. The first-order valence-electron chi connectivity index (χ1n) is 6.99. The first-order valence-corrected chi connectivity index (χ1v) is 6.99. The van der Waals surface area contributed by atoms with E-state index >= 15 is 0 Å². The molecule has 3 nitrogen and oxygen atoms in total. The van der Waals surface area contributed by atoms with Crippen LogP contribution in [-0.4, -0.2) is 50.3 Å². The highest BCUT2D eigenvalue weighted by atomic mass is 16.5. The number of hydrogen-bond acceptors (Lipinski definition) is 3. The average molecular weight is 242 g/mol. The van der Waals surface area contributed by atoms with E-state index in [1.807, 2.05) is 0 Å². The molecule has 1 atom stereocenters. The summed E-state index contributed by atoms with van der Waals surface area (Å²) in [5.74, 6) is 0. The van der Waals surface area contributed by atoms with Gasteiger partial charge in [0, 0.05) is 11.6 Å². The molecule has 102 valence electrons. The molecule has 0 heterocycles. The zero-order chi connectivity index (χ0) is 12.9. The first-order chi connectivity index (χ1) is 8.03. The van der Waals surface area contributed by atoms with Gasteiger partial charge < -0.3 is 15.0 Å². The number of nitrogens with zero attached hydrogens (tertiary/aromatic N) is 1. The predicted octanol–water partition coefficient (Wildman–Crippen LogP) is 2.26. The van der Waals surface area contributed by atoms with Crippen LogP contribution in [0.4, 0.5) is 0 Å². The fourth-order valence-corrected chi connectivity index (χ4v) is 3.07. The molecule has 0 amide bonds. The number of hydrogen-bond donors (Lipinski definition) is 1. The molecular formula is C14H30N2O. The lowest BCUT2D eigenvalue weighted by molar-refractivity contribution is -0.00808. The van der Waals surface area contributed by atoms with Crippen molar-refractivity contribution < 1.29 is 4.74 Å². The van der Waals surface area contributed by atoms with E-state index in [0.29, 0.717) is 12.1 Å². The third-order valence-corrected chi connectivity index (χ3v) is 4.20. The van der Waals surface area contributed by atoms with Gasteiger partial charge >= 0.3 is 0 Å². The van der Waals surface area contributed by atoms with E-state index in [4.69, 9.17) is 4.74 Å². The second-order valence-electron chi connectivity index (χ2n) is 5.78. The van der Waals surface area contributed by atoms with E-state index in [1.54, 1.807) is 0 Å². The lowest BCUT2D eigenvalue weighted by Crippen LogP contribution is -2.61. The summed E-state index contributed by atoms with van der Waals surface area (Å²) in [5.41, 5.74) is 0.280. The van der Waals surface area contributed by atoms with Crippen LogP contribution in [0.1, 0.15) is 46.0 Å². The van der Waals surface area contributed by atoms with Crippen molar-refractivity contribution in [3.63, 3.8) is 0 Å². The fraction of sp³-hybridized carbons (Fsp3) is 1.00. The molecule has 0 spiro atoms. The number of rotatable bonds is 6. The van der Waals surface area contributed by atoms with Crippen LogP contribution >= 0.6 is 0 Å². The van der Waals surface area contributed by atoms with Gasteiger partial charge in [-0.1, -0.05) is 19.3 Å². The Morgan fingerprint density at radius 2 is 1.76 bits per heavy atom. The molecule has 0 saturated heterocycles. The van der Waals surface area contributed by atoms with Crippen molar-refractivity contribution in [2.75, 3.05) is 27.7 Å². The molecule has 1 N–H and O–H groups in total. The van der Waals surface area contributed by atoms with Crippen molar-refractivity contribution in [3.05, 3.63) is 0 Å². The first kappa shape index (κ1) is 14.9. The molecule has 1 unspecified atom stereocenters. The molecular weight excluding hydrogens is 212 g/mol. The molecule has 1 rings (SSSR count). The van der Waals surface area contributed by atoms with Gasteiger partial charge in [-0.3, -0.25) is 0 Å². The highest BCUT2D eigenvalue weighted by molar-refractivity contribution is 5.00. The van der Waals surface area contributed by atoms with Crippen LogP contribution in [0.3, 0.4) is 0 Å². The van der Waals surface area contributed by atoms with Gasteiger partial charge in [-0.15, -0.1) is 0 Å². The maximum atomic E-state index is 5.83. The highest BCUT2D eigenvalue weighted by Crippen LogP contribution is 2.35.